The summed E-state index contributed by atoms with van der Waals surface area (Å²) in [5.41, 5.74) is 0.957. The standard InChI is InChI=1S/C8H12ClN3/c1-6-7(9)8(11-10-6)12-4-2-3-5-12/h2-5H2,1H3,(H,10,11). The van der Waals surface area contributed by atoms with E-state index in [4.69, 9.17) is 11.6 Å². The lowest BCUT2D eigenvalue weighted by Crippen LogP contribution is -2.18. The number of aromatic nitrogens is 2. The van der Waals surface area contributed by atoms with Crippen LogP contribution in [0, 0.1) is 6.92 Å². The third-order valence-corrected chi connectivity index (χ3v) is 2.71. The largest absolute Gasteiger partial charge is 0.354 e. The molecule has 0 unspecified atom stereocenters. The molecule has 0 atom stereocenters. The second-order valence-corrected chi connectivity index (χ2v) is 3.56. The Morgan fingerprint density at radius 1 is 1.42 bits per heavy atom. The lowest BCUT2D eigenvalue weighted by atomic mass is 10.4. The topological polar surface area (TPSA) is 31.9 Å². The molecular formula is C8H12ClN3. The fourth-order valence-corrected chi connectivity index (χ4v) is 1.75. The number of nitrogens with one attached hydrogen (secondary N) is 1. The van der Waals surface area contributed by atoms with Gasteiger partial charge in [-0.05, 0) is 19.8 Å². The van der Waals surface area contributed by atoms with E-state index in [1.165, 1.54) is 12.8 Å². The third-order valence-electron chi connectivity index (χ3n) is 2.26. The van der Waals surface area contributed by atoms with Crippen molar-refractivity contribution in [1.82, 2.24) is 10.2 Å². The fraction of sp³-hybridized carbons (Fsp3) is 0.625. The second-order valence-electron chi connectivity index (χ2n) is 3.18. The predicted molar refractivity (Wildman–Crippen MR) is 49.8 cm³/mol. The summed E-state index contributed by atoms with van der Waals surface area (Å²) >= 11 is 6.05. The van der Waals surface area contributed by atoms with E-state index in [-0.39, 0.29) is 0 Å². The zero-order valence-corrected chi connectivity index (χ0v) is 7.86. The van der Waals surface area contributed by atoms with Crippen molar-refractivity contribution >= 4 is 17.4 Å². The van der Waals surface area contributed by atoms with E-state index in [1.54, 1.807) is 0 Å². The number of hydrogen-bond donors (Lipinski definition) is 1. The number of nitrogens with zero attached hydrogens (tertiary/aromatic N) is 2. The van der Waals surface area contributed by atoms with Crippen molar-refractivity contribution in [1.29, 1.82) is 0 Å². The molecule has 1 aliphatic rings. The molecule has 1 aliphatic heterocycles. The highest BCUT2D eigenvalue weighted by molar-refractivity contribution is 6.33. The summed E-state index contributed by atoms with van der Waals surface area (Å²) in [5.74, 6) is 0.923. The van der Waals surface area contributed by atoms with E-state index < -0.39 is 0 Å². The Morgan fingerprint density at radius 2 is 2.08 bits per heavy atom. The summed E-state index contributed by atoms with van der Waals surface area (Å²) in [6, 6.07) is 0. The molecule has 3 nitrogen and oxygen atoms in total. The van der Waals surface area contributed by atoms with Crippen molar-refractivity contribution in [3.05, 3.63) is 10.7 Å². The molecule has 66 valence electrons. The van der Waals surface area contributed by atoms with E-state index in [2.05, 4.69) is 15.1 Å². The number of H-pyrrole nitrogens is 1. The highest BCUT2D eigenvalue weighted by Crippen LogP contribution is 2.28. The van der Waals surface area contributed by atoms with Crippen molar-refractivity contribution in [2.75, 3.05) is 18.0 Å². The van der Waals surface area contributed by atoms with Crippen molar-refractivity contribution in [3.63, 3.8) is 0 Å². The lowest BCUT2D eigenvalue weighted by molar-refractivity contribution is 0.917. The van der Waals surface area contributed by atoms with Crippen LogP contribution in [0.3, 0.4) is 0 Å². The van der Waals surface area contributed by atoms with Gasteiger partial charge in [0.15, 0.2) is 5.82 Å². The average Bonchev–Trinajstić information content (AvgIpc) is 2.64. The van der Waals surface area contributed by atoms with Crippen LogP contribution in [-0.4, -0.2) is 23.3 Å². The van der Waals surface area contributed by atoms with Gasteiger partial charge in [0.2, 0.25) is 0 Å². The first-order valence-electron chi connectivity index (χ1n) is 4.24. The van der Waals surface area contributed by atoms with E-state index in [1.807, 2.05) is 6.92 Å². The minimum Gasteiger partial charge on any atom is -0.354 e. The summed E-state index contributed by atoms with van der Waals surface area (Å²) in [7, 11) is 0. The van der Waals surface area contributed by atoms with Crippen LogP contribution in [0.25, 0.3) is 0 Å². The van der Waals surface area contributed by atoms with Gasteiger partial charge in [-0.2, -0.15) is 5.10 Å². The Hall–Kier alpha value is -0.700. The molecule has 12 heavy (non-hydrogen) atoms. The van der Waals surface area contributed by atoms with Gasteiger partial charge >= 0.3 is 0 Å². The normalized spacial score (nSPS) is 17.3. The molecular weight excluding hydrogens is 174 g/mol. The number of rotatable bonds is 1. The molecule has 0 radical (unpaired) electrons. The first-order chi connectivity index (χ1) is 5.79. The number of halogens is 1. The van der Waals surface area contributed by atoms with Crippen LogP contribution >= 0.6 is 11.6 Å². The van der Waals surface area contributed by atoms with E-state index in [0.717, 1.165) is 29.6 Å². The zero-order valence-electron chi connectivity index (χ0n) is 7.10. The Morgan fingerprint density at radius 3 is 2.58 bits per heavy atom. The second kappa shape index (κ2) is 2.98. The van der Waals surface area contributed by atoms with Crippen LogP contribution in [0.4, 0.5) is 5.82 Å². The molecule has 0 aromatic carbocycles. The van der Waals surface area contributed by atoms with Crippen molar-refractivity contribution in [3.8, 4) is 0 Å². The van der Waals surface area contributed by atoms with Crippen molar-refractivity contribution in [2.24, 2.45) is 0 Å². The van der Waals surface area contributed by atoms with Gasteiger partial charge in [0.05, 0.1) is 5.69 Å². The number of aromatic amines is 1. The summed E-state index contributed by atoms with van der Waals surface area (Å²) in [6.45, 7) is 4.11. The van der Waals surface area contributed by atoms with Gasteiger partial charge in [-0.25, -0.2) is 0 Å². The van der Waals surface area contributed by atoms with Crippen LogP contribution in [0.2, 0.25) is 5.02 Å². The number of aryl methyl sites for hydroxylation is 1. The van der Waals surface area contributed by atoms with Gasteiger partial charge in [0.1, 0.15) is 5.02 Å². The minimum atomic E-state index is 0.775. The molecule has 4 heteroatoms. The maximum atomic E-state index is 6.05. The van der Waals surface area contributed by atoms with Gasteiger partial charge in [-0.15, -0.1) is 0 Å². The van der Waals surface area contributed by atoms with E-state index >= 15 is 0 Å². The van der Waals surface area contributed by atoms with Gasteiger partial charge in [0.25, 0.3) is 0 Å². The van der Waals surface area contributed by atoms with Gasteiger partial charge in [-0.1, -0.05) is 11.6 Å². The summed E-state index contributed by atoms with van der Waals surface area (Å²) in [5, 5.41) is 7.83. The average molecular weight is 186 g/mol. The molecule has 1 aromatic rings. The van der Waals surface area contributed by atoms with Crippen molar-refractivity contribution < 1.29 is 0 Å². The smallest absolute Gasteiger partial charge is 0.169 e. The maximum absolute atomic E-state index is 6.05. The summed E-state index contributed by atoms with van der Waals surface area (Å²) < 4.78 is 0. The zero-order chi connectivity index (χ0) is 8.55. The van der Waals surface area contributed by atoms with E-state index in [9.17, 15) is 0 Å². The highest BCUT2D eigenvalue weighted by Gasteiger charge is 2.18. The Kier molecular flexibility index (Phi) is 1.97. The van der Waals surface area contributed by atoms with Gasteiger partial charge in [-0.3, -0.25) is 5.10 Å². The molecule has 0 spiro atoms. The number of hydrogen-bond acceptors (Lipinski definition) is 2. The maximum Gasteiger partial charge on any atom is 0.169 e. The molecule has 0 bridgehead atoms. The van der Waals surface area contributed by atoms with Crippen LogP contribution in [0.1, 0.15) is 18.5 Å². The molecule has 0 saturated carbocycles. The number of anilines is 1. The molecule has 2 heterocycles. The first kappa shape index (κ1) is 7.92. The monoisotopic (exact) mass is 185 g/mol. The van der Waals surface area contributed by atoms with Crippen molar-refractivity contribution in [2.45, 2.75) is 19.8 Å². The Balaban J connectivity index is 2.26. The molecule has 0 aliphatic carbocycles. The SMILES string of the molecule is Cc1[nH]nc(N2CCCC2)c1Cl. The summed E-state index contributed by atoms with van der Waals surface area (Å²) in [6.07, 6.45) is 2.50. The molecule has 1 aromatic heterocycles. The minimum absolute atomic E-state index is 0.775. The molecule has 1 saturated heterocycles. The Labute approximate surface area is 76.7 Å². The third kappa shape index (κ3) is 1.18. The fourth-order valence-electron chi connectivity index (χ4n) is 1.54. The van der Waals surface area contributed by atoms with Crippen LogP contribution in [-0.2, 0) is 0 Å². The molecule has 0 amide bonds. The molecule has 1 fully saturated rings. The summed E-state index contributed by atoms with van der Waals surface area (Å²) in [4.78, 5) is 2.23. The quantitative estimate of drug-likeness (QED) is 0.726. The van der Waals surface area contributed by atoms with Gasteiger partial charge in [0, 0.05) is 13.1 Å². The lowest BCUT2D eigenvalue weighted by Gasteiger charge is -2.13. The van der Waals surface area contributed by atoms with Crippen LogP contribution < -0.4 is 4.90 Å². The van der Waals surface area contributed by atoms with E-state index in [0.29, 0.717) is 0 Å². The van der Waals surface area contributed by atoms with Crippen LogP contribution in [0.5, 0.6) is 0 Å². The Bertz CT molecular complexity index is 276. The first-order valence-corrected chi connectivity index (χ1v) is 4.62. The molecule has 1 N–H and O–H groups in total. The highest BCUT2D eigenvalue weighted by atomic mass is 35.5. The predicted octanol–water partition coefficient (Wildman–Crippen LogP) is 1.97. The van der Waals surface area contributed by atoms with Crippen LogP contribution in [0.15, 0.2) is 0 Å². The van der Waals surface area contributed by atoms with Gasteiger partial charge < -0.3 is 4.90 Å². The molecule has 2 rings (SSSR count).